The van der Waals surface area contributed by atoms with Crippen LogP contribution < -0.4 is 10.1 Å². The normalized spacial score (nSPS) is 17.0. The Labute approximate surface area is 113 Å². The number of hydrogen-bond donors (Lipinski definition) is 1. The molecule has 19 heavy (non-hydrogen) atoms. The van der Waals surface area contributed by atoms with Gasteiger partial charge in [-0.05, 0) is 30.7 Å². The summed E-state index contributed by atoms with van der Waals surface area (Å²) in [6.07, 6.45) is 3.05. The van der Waals surface area contributed by atoms with Crippen molar-refractivity contribution in [2.75, 3.05) is 6.54 Å². The molecule has 0 radical (unpaired) electrons. The number of aromatic nitrogens is 1. The van der Waals surface area contributed by atoms with E-state index in [2.05, 4.69) is 35.4 Å². The molecule has 0 aliphatic carbocycles. The molecule has 1 aliphatic heterocycles. The van der Waals surface area contributed by atoms with Gasteiger partial charge in [0.2, 0.25) is 0 Å². The van der Waals surface area contributed by atoms with Crippen molar-refractivity contribution in [3.8, 4) is 5.75 Å². The third-order valence-corrected chi connectivity index (χ3v) is 3.36. The van der Waals surface area contributed by atoms with Crippen molar-refractivity contribution in [3.05, 3.63) is 59.4 Å². The monoisotopic (exact) mass is 254 g/mol. The zero-order valence-electron chi connectivity index (χ0n) is 11.1. The number of hydrogen-bond acceptors (Lipinski definition) is 3. The van der Waals surface area contributed by atoms with Crippen molar-refractivity contribution in [2.45, 2.75) is 26.0 Å². The van der Waals surface area contributed by atoms with E-state index in [1.165, 1.54) is 11.1 Å². The Bertz CT molecular complexity index is 554. The quantitative estimate of drug-likeness (QED) is 0.910. The van der Waals surface area contributed by atoms with Crippen molar-refractivity contribution >= 4 is 0 Å². The zero-order chi connectivity index (χ0) is 13.1. The molecule has 98 valence electrons. The summed E-state index contributed by atoms with van der Waals surface area (Å²) < 4.78 is 5.92. The molecule has 0 fully saturated rings. The molecule has 3 nitrogen and oxygen atoms in total. The minimum atomic E-state index is 0.237. The Morgan fingerprint density at radius 2 is 2.26 bits per heavy atom. The molecule has 0 amide bonds. The standard InChI is InChI=1S/C16H18N2O/c1-12-5-6-16-13(8-12)9-15(19-16)11-17-10-14-4-2-3-7-18-14/h2-8,15,17H,9-11H2,1H3. The van der Waals surface area contributed by atoms with Crippen LogP contribution in [-0.2, 0) is 13.0 Å². The zero-order valence-corrected chi connectivity index (χ0v) is 11.1. The van der Waals surface area contributed by atoms with Crippen LogP contribution in [0.2, 0.25) is 0 Å². The number of nitrogens with one attached hydrogen (secondary N) is 1. The Balaban J connectivity index is 1.51. The van der Waals surface area contributed by atoms with Crippen LogP contribution in [0.3, 0.4) is 0 Å². The van der Waals surface area contributed by atoms with Gasteiger partial charge in [-0.3, -0.25) is 4.98 Å². The number of nitrogens with zero attached hydrogens (tertiary/aromatic N) is 1. The minimum Gasteiger partial charge on any atom is -0.488 e. The van der Waals surface area contributed by atoms with E-state index in [1.807, 2.05) is 24.4 Å². The second-order valence-corrected chi connectivity index (χ2v) is 5.01. The fraction of sp³-hybridized carbons (Fsp3) is 0.312. The highest BCUT2D eigenvalue weighted by atomic mass is 16.5. The first-order valence-electron chi connectivity index (χ1n) is 6.68. The van der Waals surface area contributed by atoms with E-state index in [4.69, 9.17) is 4.74 Å². The van der Waals surface area contributed by atoms with E-state index in [9.17, 15) is 0 Å². The van der Waals surface area contributed by atoms with Crippen molar-refractivity contribution < 1.29 is 4.74 Å². The lowest BCUT2D eigenvalue weighted by Gasteiger charge is -2.11. The molecule has 1 atom stereocenters. The summed E-state index contributed by atoms with van der Waals surface area (Å²) in [4.78, 5) is 4.29. The summed E-state index contributed by atoms with van der Waals surface area (Å²) in [5.41, 5.74) is 3.68. The summed E-state index contributed by atoms with van der Waals surface area (Å²) in [7, 11) is 0. The summed E-state index contributed by atoms with van der Waals surface area (Å²) in [6, 6.07) is 12.4. The number of ether oxygens (including phenoxy) is 1. The molecule has 1 N–H and O–H groups in total. The van der Waals surface area contributed by atoms with E-state index in [-0.39, 0.29) is 6.10 Å². The van der Waals surface area contributed by atoms with Crippen molar-refractivity contribution in [1.82, 2.24) is 10.3 Å². The molecule has 1 unspecified atom stereocenters. The Hall–Kier alpha value is -1.87. The molecule has 0 spiro atoms. The van der Waals surface area contributed by atoms with Crippen LogP contribution in [0, 0.1) is 6.92 Å². The Morgan fingerprint density at radius 1 is 1.32 bits per heavy atom. The van der Waals surface area contributed by atoms with Crippen LogP contribution in [0.1, 0.15) is 16.8 Å². The van der Waals surface area contributed by atoms with Crippen molar-refractivity contribution in [3.63, 3.8) is 0 Å². The maximum absolute atomic E-state index is 5.92. The summed E-state index contributed by atoms with van der Waals surface area (Å²) in [6.45, 7) is 3.76. The lowest BCUT2D eigenvalue weighted by atomic mass is 10.1. The molecular weight excluding hydrogens is 236 g/mol. The number of aryl methyl sites for hydroxylation is 1. The average molecular weight is 254 g/mol. The topological polar surface area (TPSA) is 34.2 Å². The maximum atomic E-state index is 5.92. The van der Waals surface area contributed by atoms with Crippen LogP contribution in [-0.4, -0.2) is 17.6 Å². The number of pyridine rings is 1. The first-order chi connectivity index (χ1) is 9.31. The van der Waals surface area contributed by atoms with Gasteiger partial charge in [0.1, 0.15) is 11.9 Å². The van der Waals surface area contributed by atoms with Gasteiger partial charge in [0.15, 0.2) is 0 Å². The molecule has 3 heteroatoms. The van der Waals surface area contributed by atoms with Crippen LogP contribution in [0.25, 0.3) is 0 Å². The summed E-state index contributed by atoms with van der Waals surface area (Å²) >= 11 is 0. The van der Waals surface area contributed by atoms with Gasteiger partial charge < -0.3 is 10.1 Å². The SMILES string of the molecule is Cc1ccc2c(c1)CC(CNCc1ccccn1)O2. The van der Waals surface area contributed by atoms with Gasteiger partial charge in [-0.25, -0.2) is 0 Å². The number of fused-ring (bicyclic) bond motifs is 1. The Kier molecular flexibility index (Phi) is 3.47. The second-order valence-electron chi connectivity index (χ2n) is 5.01. The summed E-state index contributed by atoms with van der Waals surface area (Å²) in [5.74, 6) is 1.04. The van der Waals surface area contributed by atoms with Crippen LogP contribution in [0.15, 0.2) is 42.6 Å². The first-order valence-corrected chi connectivity index (χ1v) is 6.68. The van der Waals surface area contributed by atoms with Gasteiger partial charge in [0.25, 0.3) is 0 Å². The Morgan fingerprint density at radius 3 is 3.11 bits per heavy atom. The highest BCUT2D eigenvalue weighted by molar-refractivity contribution is 5.40. The molecule has 0 bridgehead atoms. The fourth-order valence-electron chi connectivity index (χ4n) is 2.43. The third kappa shape index (κ3) is 2.93. The molecule has 0 saturated carbocycles. The van der Waals surface area contributed by atoms with Gasteiger partial charge >= 0.3 is 0 Å². The van der Waals surface area contributed by atoms with Crippen LogP contribution in [0.4, 0.5) is 0 Å². The molecule has 1 aliphatic rings. The molecular formula is C16H18N2O. The van der Waals surface area contributed by atoms with E-state index in [0.29, 0.717) is 0 Å². The minimum absolute atomic E-state index is 0.237. The fourth-order valence-corrected chi connectivity index (χ4v) is 2.43. The van der Waals surface area contributed by atoms with E-state index >= 15 is 0 Å². The van der Waals surface area contributed by atoms with Crippen LogP contribution >= 0.6 is 0 Å². The lowest BCUT2D eigenvalue weighted by molar-refractivity contribution is 0.227. The largest absolute Gasteiger partial charge is 0.488 e. The van der Waals surface area contributed by atoms with Gasteiger partial charge in [-0.15, -0.1) is 0 Å². The predicted molar refractivity (Wildman–Crippen MR) is 75.2 cm³/mol. The van der Waals surface area contributed by atoms with Gasteiger partial charge in [0, 0.05) is 25.7 Å². The number of benzene rings is 1. The molecule has 2 aromatic rings. The predicted octanol–water partition coefficient (Wildman–Crippen LogP) is 2.48. The average Bonchev–Trinajstić information content (AvgIpc) is 2.82. The van der Waals surface area contributed by atoms with Gasteiger partial charge in [-0.2, -0.15) is 0 Å². The second kappa shape index (κ2) is 5.41. The van der Waals surface area contributed by atoms with Crippen molar-refractivity contribution in [2.24, 2.45) is 0 Å². The first kappa shape index (κ1) is 12.2. The van der Waals surface area contributed by atoms with E-state index in [0.717, 1.165) is 31.0 Å². The maximum Gasteiger partial charge on any atom is 0.123 e. The molecule has 1 aromatic heterocycles. The van der Waals surface area contributed by atoms with Gasteiger partial charge in [-0.1, -0.05) is 23.8 Å². The summed E-state index contributed by atoms with van der Waals surface area (Å²) in [5, 5.41) is 3.41. The highest BCUT2D eigenvalue weighted by Crippen LogP contribution is 2.29. The molecule has 2 heterocycles. The van der Waals surface area contributed by atoms with E-state index < -0.39 is 0 Å². The molecule has 0 saturated heterocycles. The lowest BCUT2D eigenvalue weighted by Crippen LogP contribution is -2.29. The van der Waals surface area contributed by atoms with Gasteiger partial charge in [0.05, 0.1) is 5.69 Å². The van der Waals surface area contributed by atoms with Crippen molar-refractivity contribution in [1.29, 1.82) is 0 Å². The third-order valence-electron chi connectivity index (χ3n) is 3.36. The van der Waals surface area contributed by atoms with Crippen LogP contribution in [0.5, 0.6) is 5.75 Å². The molecule has 1 aromatic carbocycles. The smallest absolute Gasteiger partial charge is 0.123 e. The molecule has 3 rings (SSSR count). The van der Waals surface area contributed by atoms with E-state index in [1.54, 1.807) is 0 Å². The number of rotatable bonds is 4. The highest BCUT2D eigenvalue weighted by Gasteiger charge is 2.22.